The molecule has 1 fully saturated rings. The summed E-state index contributed by atoms with van der Waals surface area (Å²) in [6.45, 7) is 1.94. The molecule has 0 radical (unpaired) electrons. The van der Waals surface area contributed by atoms with Crippen molar-refractivity contribution in [3.8, 4) is 16.9 Å². The second kappa shape index (κ2) is 9.42. The largest absolute Gasteiger partial charge is 0.489 e. The highest BCUT2D eigenvalue weighted by Crippen LogP contribution is 2.27. The number of rotatable bonds is 6. The third kappa shape index (κ3) is 5.04. The van der Waals surface area contributed by atoms with E-state index in [0.717, 1.165) is 53.7 Å². The van der Waals surface area contributed by atoms with Gasteiger partial charge in [0.25, 0.3) is 0 Å². The van der Waals surface area contributed by atoms with E-state index in [1.165, 1.54) is 24.3 Å². The molecule has 0 amide bonds. The Balaban J connectivity index is 1.37. The van der Waals surface area contributed by atoms with Gasteiger partial charge in [0, 0.05) is 22.7 Å². The van der Waals surface area contributed by atoms with Gasteiger partial charge in [0.1, 0.15) is 17.7 Å². The van der Waals surface area contributed by atoms with E-state index in [4.69, 9.17) is 4.74 Å². The molecule has 1 N–H and O–H groups in total. The summed E-state index contributed by atoms with van der Waals surface area (Å²) in [5, 5.41) is 12.7. The molecule has 1 aliphatic rings. The first-order valence-corrected chi connectivity index (χ1v) is 11.0. The number of nitrogens with zero attached hydrogens (tertiary/aromatic N) is 3. The number of carbonyl (C=O) groups excluding carboxylic acids is 1. The lowest BCUT2D eigenvalue weighted by Crippen LogP contribution is -2.34. The maximum Gasteiger partial charge on any atom is 0.168 e. The van der Waals surface area contributed by atoms with Crippen molar-refractivity contribution in [1.29, 1.82) is 0 Å². The van der Waals surface area contributed by atoms with Gasteiger partial charge in [-0.2, -0.15) is 10.2 Å². The first-order valence-electron chi connectivity index (χ1n) is 11.0. The number of ketones is 1. The summed E-state index contributed by atoms with van der Waals surface area (Å²) >= 11 is 0. The van der Waals surface area contributed by atoms with Gasteiger partial charge in [0.15, 0.2) is 5.78 Å². The minimum absolute atomic E-state index is 0.0971. The highest BCUT2D eigenvalue weighted by Gasteiger charge is 2.15. The van der Waals surface area contributed by atoms with Crippen molar-refractivity contribution in [2.75, 3.05) is 13.1 Å². The zero-order valence-electron chi connectivity index (χ0n) is 18.0. The highest BCUT2D eigenvalue weighted by molar-refractivity contribution is 5.97. The lowest BCUT2D eigenvalue weighted by molar-refractivity contribution is 0.0991. The molecule has 3 heterocycles. The third-order valence-corrected chi connectivity index (χ3v) is 5.78. The fraction of sp³-hybridized carbons (Fsp3) is 0.231. The van der Waals surface area contributed by atoms with Crippen LogP contribution >= 0.6 is 0 Å². The van der Waals surface area contributed by atoms with Crippen molar-refractivity contribution in [2.24, 2.45) is 0 Å². The average Bonchev–Trinajstić information content (AvgIpc) is 2.85. The highest BCUT2D eigenvalue weighted by atomic mass is 19.1. The maximum absolute atomic E-state index is 13.1. The van der Waals surface area contributed by atoms with Crippen molar-refractivity contribution in [1.82, 2.24) is 20.5 Å². The van der Waals surface area contributed by atoms with Gasteiger partial charge in [-0.15, -0.1) is 0 Å². The number of halogens is 1. The summed E-state index contributed by atoms with van der Waals surface area (Å²) < 4.78 is 19.3. The maximum atomic E-state index is 13.1. The van der Waals surface area contributed by atoms with E-state index >= 15 is 0 Å². The Kier molecular flexibility index (Phi) is 6.04. The van der Waals surface area contributed by atoms with E-state index in [0.29, 0.717) is 11.3 Å². The van der Waals surface area contributed by atoms with Gasteiger partial charge >= 0.3 is 0 Å². The number of Topliss-reactive ketones (excluding diaryl/α,β-unsaturated/α-hetero) is 1. The summed E-state index contributed by atoms with van der Waals surface area (Å²) in [6, 6.07) is 15.3. The number of aromatic nitrogens is 3. The number of hydrogen-bond donors (Lipinski definition) is 1. The van der Waals surface area contributed by atoms with Crippen LogP contribution in [0.5, 0.6) is 5.75 Å². The van der Waals surface area contributed by atoms with E-state index < -0.39 is 0 Å². The SMILES string of the molecule is O=C(Cc1cc2cc(-c3cncc(OC4CCNCC4)c3)ccc2nn1)c1ccc(F)cc1. The Morgan fingerprint density at radius 2 is 1.79 bits per heavy atom. The summed E-state index contributed by atoms with van der Waals surface area (Å²) in [7, 11) is 0. The van der Waals surface area contributed by atoms with Crippen LogP contribution in [-0.4, -0.2) is 40.2 Å². The zero-order chi connectivity index (χ0) is 22.6. The van der Waals surface area contributed by atoms with Crippen LogP contribution in [-0.2, 0) is 6.42 Å². The number of piperidine rings is 1. The number of pyridine rings is 1. The molecule has 5 rings (SSSR count). The van der Waals surface area contributed by atoms with Crippen LogP contribution < -0.4 is 10.1 Å². The Morgan fingerprint density at radius 1 is 0.970 bits per heavy atom. The molecule has 0 spiro atoms. The molecular weight excluding hydrogens is 419 g/mol. The van der Waals surface area contributed by atoms with Crippen LogP contribution in [0.1, 0.15) is 28.9 Å². The fourth-order valence-corrected chi connectivity index (χ4v) is 4.00. The molecule has 33 heavy (non-hydrogen) atoms. The second-order valence-corrected chi connectivity index (χ2v) is 8.19. The van der Waals surface area contributed by atoms with Gasteiger partial charge in [-0.1, -0.05) is 6.07 Å². The van der Waals surface area contributed by atoms with Crippen molar-refractivity contribution >= 4 is 16.7 Å². The fourth-order valence-electron chi connectivity index (χ4n) is 4.00. The molecule has 0 saturated carbocycles. The number of hydrogen-bond acceptors (Lipinski definition) is 6. The van der Waals surface area contributed by atoms with E-state index in [1.807, 2.05) is 36.5 Å². The predicted octanol–water partition coefficient (Wildman–Crippen LogP) is 4.39. The van der Waals surface area contributed by atoms with E-state index in [-0.39, 0.29) is 24.1 Å². The summed E-state index contributed by atoms with van der Waals surface area (Å²) in [5.74, 6) is 0.258. The van der Waals surface area contributed by atoms with Gasteiger partial charge in [-0.25, -0.2) is 4.39 Å². The molecule has 7 heteroatoms. The van der Waals surface area contributed by atoms with Gasteiger partial charge in [0.05, 0.1) is 23.8 Å². The van der Waals surface area contributed by atoms with Gasteiger partial charge < -0.3 is 10.1 Å². The number of ether oxygens (including phenoxy) is 1. The Morgan fingerprint density at radius 3 is 2.61 bits per heavy atom. The molecule has 4 aromatic rings. The number of carbonyl (C=O) groups is 1. The summed E-state index contributed by atoms with van der Waals surface area (Å²) in [5.41, 5.74) is 3.68. The Hall–Kier alpha value is -3.71. The molecule has 0 aliphatic carbocycles. The molecule has 2 aromatic heterocycles. The molecule has 6 nitrogen and oxygen atoms in total. The smallest absolute Gasteiger partial charge is 0.168 e. The number of fused-ring (bicyclic) bond motifs is 1. The van der Waals surface area contributed by atoms with Crippen LogP contribution in [0.4, 0.5) is 4.39 Å². The zero-order valence-corrected chi connectivity index (χ0v) is 18.0. The van der Waals surface area contributed by atoms with Crippen LogP contribution in [0.3, 0.4) is 0 Å². The topological polar surface area (TPSA) is 77.0 Å². The van der Waals surface area contributed by atoms with Crippen LogP contribution in [0, 0.1) is 5.82 Å². The van der Waals surface area contributed by atoms with Gasteiger partial charge in [-0.05, 0) is 80.0 Å². The normalized spacial score (nSPS) is 14.3. The molecule has 1 saturated heterocycles. The minimum Gasteiger partial charge on any atom is -0.489 e. The summed E-state index contributed by atoms with van der Waals surface area (Å²) in [4.78, 5) is 16.9. The standard InChI is InChI=1S/C26H23FN4O2/c27-21-4-1-17(2-5-21)26(32)14-22-12-19-11-18(3-6-25(19)31-30-22)20-13-24(16-29-15-20)33-23-7-9-28-10-8-23/h1-6,11-13,15-16,23,28H,7-10,14H2. The van der Waals surface area contributed by atoms with Crippen LogP contribution in [0.15, 0.2) is 67.0 Å². The van der Waals surface area contributed by atoms with E-state index in [2.05, 4.69) is 20.5 Å². The van der Waals surface area contributed by atoms with Crippen molar-refractivity contribution < 1.29 is 13.9 Å². The van der Waals surface area contributed by atoms with E-state index in [9.17, 15) is 9.18 Å². The second-order valence-electron chi connectivity index (χ2n) is 8.19. The number of nitrogens with one attached hydrogen (secondary N) is 1. The van der Waals surface area contributed by atoms with Crippen molar-refractivity contribution in [3.63, 3.8) is 0 Å². The van der Waals surface area contributed by atoms with E-state index in [1.54, 1.807) is 6.20 Å². The molecule has 0 unspecified atom stereocenters. The van der Waals surface area contributed by atoms with Gasteiger partial charge in [-0.3, -0.25) is 9.78 Å². The van der Waals surface area contributed by atoms with Crippen LogP contribution in [0.2, 0.25) is 0 Å². The van der Waals surface area contributed by atoms with Crippen molar-refractivity contribution in [2.45, 2.75) is 25.4 Å². The molecule has 166 valence electrons. The molecule has 0 bridgehead atoms. The van der Waals surface area contributed by atoms with Crippen LogP contribution in [0.25, 0.3) is 22.0 Å². The first kappa shape index (κ1) is 21.2. The monoisotopic (exact) mass is 442 g/mol. The Bertz CT molecular complexity index is 1290. The Labute approximate surface area is 190 Å². The third-order valence-electron chi connectivity index (χ3n) is 5.78. The van der Waals surface area contributed by atoms with Crippen molar-refractivity contribution in [3.05, 3.63) is 84.1 Å². The first-order chi connectivity index (χ1) is 16.1. The number of benzene rings is 2. The average molecular weight is 442 g/mol. The lowest BCUT2D eigenvalue weighted by atomic mass is 10.0. The molecular formula is C26H23FN4O2. The molecule has 1 aliphatic heterocycles. The molecule has 0 atom stereocenters. The lowest BCUT2D eigenvalue weighted by Gasteiger charge is -2.23. The summed E-state index contributed by atoms with van der Waals surface area (Å²) in [6.07, 6.45) is 5.83. The quantitative estimate of drug-likeness (QED) is 0.447. The minimum atomic E-state index is -0.371. The predicted molar refractivity (Wildman–Crippen MR) is 124 cm³/mol. The van der Waals surface area contributed by atoms with Gasteiger partial charge in [0.2, 0.25) is 0 Å². The molecule has 2 aromatic carbocycles.